The number of hydrogen-bond donors (Lipinski definition) is 0. The molecular weight excluding hydrogens is 542 g/mol. The van der Waals surface area contributed by atoms with Gasteiger partial charge in [0, 0.05) is 16.7 Å². The third-order valence-electron chi connectivity index (χ3n) is 6.63. The maximum absolute atomic E-state index is 5.41. The van der Waals surface area contributed by atoms with E-state index < -0.39 is 7.12 Å². The van der Waals surface area contributed by atoms with Crippen molar-refractivity contribution in [3.63, 3.8) is 0 Å². The Morgan fingerprint density at radius 3 is 1.10 bits per heavy atom. The zero-order valence-electron chi connectivity index (χ0n) is 23.4. The van der Waals surface area contributed by atoms with E-state index in [1.54, 1.807) is 21.3 Å². The number of rotatable bonds is 9. The van der Waals surface area contributed by atoms with Gasteiger partial charge in [-0.15, -0.1) is 0 Å². The van der Waals surface area contributed by atoms with Gasteiger partial charge in [0.15, 0.2) is 0 Å². The zero-order valence-corrected chi connectivity index (χ0v) is 26.5. The summed E-state index contributed by atoms with van der Waals surface area (Å²) in [6, 6.07) is 29.4. The molecule has 0 aliphatic carbocycles. The van der Waals surface area contributed by atoms with Crippen molar-refractivity contribution in [3.05, 3.63) is 110 Å². The average Bonchev–Trinajstić information content (AvgIpc) is 3.80. The summed E-state index contributed by atoms with van der Waals surface area (Å²) in [6.07, 6.45) is 5.79. The van der Waals surface area contributed by atoms with Crippen molar-refractivity contribution in [2.24, 2.45) is 0 Å². The Morgan fingerprint density at radius 1 is 0.488 bits per heavy atom. The van der Waals surface area contributed by atoms with Crippen molar-refractivity contribution >= 4 is 7.12 Å². The molecule has 3 heterocycles. The van der Waals surface area contributed by atoms with Gasteiger partial charge >= 0.3 is 51.4 Å². The first-order valence-corrected chi connectivity index (χ1v) is 12.7. The molecule has 0 aliphatic heterocycles. The van der Waals surface area contributed by atoms with E-state index in [9.17, 15) is 0 Å². The predicted molar refractivity (Wildman–Crippen MR) is 155 cm³/mol. The van der Waals surface area contributed by atoms with E-state index in [1.165, 1.54) is 0 Å². The van der Waals surface area contributed by atoms with Gasteiger partial charge in [0.05, 0.1) is 38.4 Å². The Bertz CT molecular complexity index is 1560. The van der Waals surface area contributed by atoms with Crippen molar-refractivity contribution in [3.8, 4) is 51.0 Å². The normalized spacial score (nSPS) is 10.8. The van der Waals surface area contributed by atoms with Crippen LogP contribution in [0.3, 0.4) is 0 Å². The molecule has 0 unspecified atom stereocenters. The average molecular weight is 569 g/mol. The van der Waals surface area contributed by atoms with Crippen molar-refractivity contribution in [2.45, 2.75) is 0 Å². The minimum atomic E-state index is -0.502. The molecular formula is C30H27BKN6O3. The largest absolute Gasteiger partial charge is 1.00 e. The summed E-state index contributed by atoms with van der Waals surface area (Å²) in [6.45, 7) is 0. The minimum Gasteiger partial charge on any atom is -0.497 e. The summed E-state index contributed by atoms with van der Waals surface area (Å²) in [5, 5.41) is 14.8. The van der Waals surface area contributed by atoms with Gasteiger partial charge in [-0.25, -0.2) is 15.3 Å². The molecule has 0 spiro atoms. The van der Waals surface area contributed by atoms with E-state index in [0.717, 1.165) is 51.0 Å². The molecule has 0 amide bonds. The topological polar surface area (TPSA) is 81.2 Å². The van der Waals surface area contributed by atoms with Crippen LogP contribution in [0.25, 0.3) is 33.8 Å². The molecule has 41 heavy (non-hydrogen) atoms. The van der Waals surface area contributed by atoms with Crippen LogP contribution in [0.2, 0.25) is 0 Å². The monoisotopic (exact) mass is 569 g/mol. The van der Waals surface area contributed by atoms with Crippen LogP contribution >= 0.6 is 0 Å². The molecule has 0 aliphatic rings. The quantitative estimate of drug-likeness (QED) is 0.249. The Labute approximate surface area is 281 Å². The van der Waals surface area contributed by atoms with Gasteiger partial charge < -0.3 is 28.0 Å². The van der Waals surface area contributed by atoms with E-state index >= 15 is 0 Å². The van der Waals surface area contributed by atoms with Gasteiger partial charge in [-0.1, -0.05) is 36.4 Å². The Kier molecular flexibility index (Phi) is 9.11. The fourth-order valence-electron chi connectivity index (χ4n) is 4.57. The van der Waals surface area contributed by atoms with E-state index in [0.29, 0.717) is 0 Å². The van der Waals surface area contributed by atoms with E-state index in [1.807, 2.05) is 123 Å². The minimum absolute atomic E-state index is 0. The van der Waals surface area contributed by atoms with Crippen LogP contribution < -0.4 is 65.6 Å². The van der Waals surface area contributed by atoms with Crippen LogP contribution in [0, 0.1) is 0 Å². The number of aromatic nitrogens is 6. The Morgan fingerprint density at radius 2 is 0.805 bits per heavy atom. The first kappa shape index (κ1) is 28.9. The van der Waals surface area contributed by atoms with Crippen LogP contribution in [0.1, 0.15) is 0 Å². The fraction of sp³-hybridized carbons (Fsp3) is 0.100. The van der Waals surface area contributed by atoms with Crippen LogP contribution in [0.4, 0.5) is 0 Å². The van der Waals surface area contributed by atoms with E-state index in [2.05, 4.69) is 0 Å². The van der Waals surface area contributed by atoms with Gasteiger partial charge in [0.25, 0.3) is 7.12 Å². The molecule has 0 N–H and O–H groups in total. The maximum Gasteiger partial charge on any atom is 1.00 e. The third-order valence-corrected chi connectivity index (χ3v) is 6.63. The van der Waals surface area contributed by atoms with Crippen molar-refractivity contribution < 1.29 is 65.6 Å². The van der Waals surface area contributed by atoms with Gasteiger partial charge in [-0.05, 0) is 73.2 Å². The van der Waals surface area contributed by atoms with Gasteiger partial charge in [-0.2, -0.15) is 0 Å². The molecule has 0 saturated heterocycles. The predicted octanol–water partition coefficient (Wildman–Crippen LogP) is 2.24. The maximum atomic E-state index is 5.41. The number of hydrogen-bond acceptors (Lipinski definition) is 6. The number of methoxy groups -OCH3 is 3. The van der Waals surface area contributed by atoms with Gasteiger partial charge in [0.1, 0.15) is 17.2 Å². The van der Waals surface area contributed by atoms with E-state index in [-0.39, 0.29) is 51.4 Å². The SMILES string of the molecule is COc1cccc(-c2ccn([B-](n3ccc(-c4cccc(OC)c4)n3)n3ccc(-c4cccc(OC)c4)n3)n2)c1.[K+]. The van der Waals surface area contributed by atoms with Crippen molar-refractivity contribution in [2.75, 3.05) is 21.3 Å². The molecule has 0 bridgehead atoms. The molecule has 6 aromatic rings. The summed E-state index contributed by atoms with van der Waals surface area (Å²) in [4.78, 5) is 0. The first-order chi connectivity index (χ1) is 19.6. The molecule has 1 radical (unpaired) electrons. The molecule has 199 valence electrons. The second-order valence-corrected chi connectivity index (χ2v) is 9.09. The zero-order chi connectivity index (χ0) is 27.5. The van der Waals surface area contributed by atoms with Crippen LogP contribution in [-0.2, 0) is 0 Å². The summed E-state index contributed by atoms with van der Waals surface area (Å²) in [5.74, 6) is 2.32. The summed E-state index contributed by atoms with van der Waals surface area (Å²) in [5.41, 5.74) is 5.28. The second kappa shape index (κ2) is 12.9. The van der Waals surface area contributed by atoms with E-state index in [4.69, 9.17) is 29.5 Å². The van der Waals surface area contributed by atoms with Crippen molar-refractivity contribution in [1.29, 1.82) is 0 Å². The van der Waals surface area contributed by atoms with Crippen LogP contribution in [0.15, 0.2) is 110 Å². The standard InChI is InChI=1S/C30H27BN6O3.K/c1-38-25-10-4-7-22(19-25)28-13-16-35(32-28)31(36-17-14-29(33-36)23-8-5-11-26(20-23)39-2)37-18-15-30(34-37)24-9-6-12-27(21-24)40-3;/h4-21H,1-3H3;/q-1;+1. The van der Waals surface area contributed by atoms with Crippen LogP contribution in [0.5, 0.6) is 17.2 Å². The molecule has 9 nitrogen and oxygen atoms in total. The molecule has 11 heteroatoms. The Hall–Kier alpha value is -3.61. The van der Waals surface area contributed by atoms with Crippen LogP contribution in [-0.4, -0.2) is 57.5 Å². The summed E-state index contributed by atoms with van der Waals surface area (Å²) < 4.78 is 21.8. The summed E-state index contributed by atoms with van der Waals surface area (Å²) >= 11 is 0. The first-order valence-electron chi connectivity index (χ1n) is 12.7. The molecule has 3 aromatic carbocycles. The molecule has 0 saturated carbocycles. The van der Waals surface area contributed by atoms with Crippen molar-refractivity contribution in [1.82, 2.24) is 29.1 Å². The molecule has 0 fully saturated rings. The smallest absolute Gasteiger partial charge is 0.497 e. The number of nitrogens with zero attached hydrogens (tertiary/aromatic N) is 6. The number of ether oxygens (including phenoxy) is 3. The molecule has 0 atom stereocenters. The second-order valence-electron chi connectivity index (χ2n) is 9.09. The Balaban J connectivity index is 0.00000337. The molecule has 6 rings (SSSR count). The van der Waals surface area contributed by atoms with Gasteiger partial charge in [0.2, 0.25) is 0 Å². The summed E-state index contributed by atoms with van der Waals surface area (Å²) in [7, 11) is 4.47. The van der Waals surface area contributed by atoms with Gasteiger partial charge in [-0.3, -0.25) is 0 Å². The molecule has 3 aromatic heterocycles. The number of benzene rings is 3. The third kappa shape index (κ3) is 6.19. The fourth-order valence-corrected chi connectivity index (χ4v) is 4.57.